The molecule has 1 nitrogen and oxygen atoms in total. The summed E-state index contributed by atoms with van der Waals surface area (Å²) in [4.78, 5) is 2.20. The maximum atomic E-state index is 6.39. The van der Waals surface area contributed by atoms with Crippen LogP contribution in [0.3, 0.4) is 0 Å². The van der Waals surface area contributed by atoms with Crippen molar-refractivity contribution in [3.8, 4) is 0 Å². The van der Waals surface area contributed by atoms with E-state index < -0.39 is 6.04 Å². The molecule has 0 bridgehead atoms. The molecule has 0 unspecified atom stereocenters. The third-order valence-electron chi connectivity index (χ3n) is 4.50. The van der Waals surface area contributed by atoms with Gasteiger partial charge in [0, 0.05) is 24.2 Å². The summed E-state index contributed by atoms with van der Waals surface area (Å²) in [6.45, 7) is 0.917. The molecule has 0 amide bonds. The molecule has 148 valence electrons. The number of hydrogen-bond donors (Lipinski definition) is 0. The standard InChI is InChI=1S/C20H21NPS.C5H5.Fe/c1-21(2)16-17-10-9-15-20(17)22(23,18-11-5-3-6-12-18)19-13-7-4-8-14-19;1-2-4-5-3-1;/h3-15H,16H2,1-2H3;1-5H;/q;;+2. The van der Waals surface area contributed by atoms with E-state index >= 15 is 0 Å². The van der Waals surface area contributed by atoms with Crippen LogP contribution in [-0.2, 0) is 28.9 Å². The van der Waals surface area contributed by atoms with E-state index in [0.717, 1.165) is 6.54 Å². The van der Waals surface area contributed by atoms with E-state index in [2.05, 4.69) is 98.9 Å². The Morgan fingerprint density at radius 3 is 1.55 bits per heavy atom. The molecular formula is C25H26FeNPS+2. The Bertz CT molecular complexity index is 695. The Morgan fingerprint density at radius 2 is 1.14 bits per heavy atom. The molecule has 2 aromatic carbocycles. The van der Waals surface area contributed by atoms with Gasteiger partial charge in [0.25, 0.3) is 0 Å². The molecule has 29 heavy (non-hydrogen) atoms. The zero-order valence-electron chi connectivity index (χ0n) is 16.8. The molecule has 2 aromatic rings. The molecule has 0 saturated heterocycles. The average molecular weight is 459 g/mol. The van der Waals surface area contributed by atoms with Crippen molar-refractivity contribution in [2.45, 2.75) is 0 Å². The Labute approximate surface area is 194 Å². The average Bonchev–Trinajstić information content (AvgIpc) is 3.44. The summed E-state index contributed by atoms with van der Waals surface area (Å²) in [7, 11) is 4.20. The SMILES string of the molecule is CN(C)C[C]1[CH][CH][CH][C]1P(=S)(c1ccccc1)c1ccccc1.[CH]1[CH][CH][CH][CH]1.[Fe+2]. The predicted octanol–water partition coefficient (Wildman–Crippen LogP) is 4.43. The third kappa shape index (κ3) is 6.52. The zero-order valence-corrected chi connectivity index (χ0v) is 19.6. The minimum absolute atomic E-state index is 0. The van der Waals surface area contributed by atoms with Crippen molar-refractivity contribution < 1.29 is 17.1 Å². The van der Waals surface area contributed by atoms with Crippen molar-refractivity contribution in [3.63, 3.8) is 0 Å². The van der Waals surface area contributed by atoms with E-state index in [9.17, 15) is 0 Å². The van der Waals surface area contributed by atoms with Crippen LogP contribution in [0.15, 0.2) is 60.7 Å². The van der Waals surface area contributed by atoms with Crippen LogP contribution < -0.4 is 10.6 Å². The van der Waals surface area contributed by atoms with Gasteiger partial charge >= 0.3 is 17.1 Å². The van der Waals surface area contributed by atoms with E-state index in [1.165, 1.54) is 22.2 Å². The van der Waals surface area contributed by atoms with Crippen LogP contribution >= 0.6 is 6.04 Å². The van der Waals surface area contributed by atoms with Gasteiger partial charge in [-0.2, -0.15) is 0 Å². The van der Waals surface area contributed by atoms with Crippen LogP contribution in [0.4, 0.5) is 0 Å². The number of benzene rings is 2. The summed E-state index contributed by atoms with van der Waals surface area (Å²) in [5.74, 6) is 1.34. The Balaban J connectivity index is 0.000000437. The number of rotatable bonds is 5. The maximum Gasteiger partial charge on any atom is 2.00 e. The molecule has 4 heteroatoms. The first-order valence-electron chi connectivity index (χ1n) is 9.40. The number of hydrogen-bond acceptors (Lipinski definition) is 2. The molecule has 0 aliphatic heterocycles. The Morgan fingerprint density at radius 1 is 0.690 bits per heavy atom. The van der Waals surface area contributed by atoms with Gasteiger partial charge in [-0.15, -0.1) is 0 Å². The predicted molar refractivity (Wildman–Crippen MR) is 126 cm³/mol. The Kier molecular flexibility index (Phi) is 10.6. The van der Waals surface area contributed by atoms with Crippen molar-refractivity contribution in [2.24, 2.45) is 0 Å². The van der Waals surface area contributed by atoms with E-state index in [4.69, 9.17) is 11.8 Å². The van der Waals surface area contributed by atoms with Crippen molar-refractivity contribution in [1.29, 1.82) is 0 Å². The molecule has 10 radical (unpaired) electrons. The first-order valence-corrected chi connectivity index (χ1v) is 12.2. The smallest absolute Gasteiger partial charge is 0.309 e. The molecule has 4 rings (SSSR count). The van der Waals surface area contributed by atoms with Gasteiger partial charge < -0.3 is 4.90 Å². The van der Waals surface area contributed by atoms with Crippen molar-refractivity contribution in [2.75, 3.05) is 20.6 Å². The number of nitrogens with zero attached hydrogens (tertiary/aromatic N) is 1. The van der Waals surface area contributed by atoms with Crippen molar-refractivity contribution in [3.05, 3.63) is 124 Å². The van der Waals surface area contributed by atoms with Crippen LogP contribution in [0.5, 0.6) is 0 Å². The van der Waals surface area contributed by atoms with Gasteiger partial charge in [-0.05, 0) is 76.1 Å². The fourth-order valence-electron chi connectivity index (χ4n) is 3.25. The third-order valence-corrected chi connectivity index (χ3v) is 9.52. The van der Waals surface area contributed by atoms with Gasteiger partial charge in [0.2, 0.25) is 0 Å². The largest absolute Gasteiger partial charge is 2.00 e. The van der Waals surface area contributed by atoms with Gasteiger partial charge in [-0.1, -0.05) is 72.5 Å². The first kappa shape index (κ1) is 24.8. The van der Waals surface area contributed by atoms with Crippen molar-refractivity contribution in [1.82, 2.24) is 4.90 Å². The maximum absolute atomic E-state index is 6.39. The molecule has 2 aliphatic carbocycles. The minimum atomic E-state index is -2.02. The zero-order chi connectivity index (χ0) is 19.8. The second-order valence-electron chi connectivity index (χ2n) is 6.92. The summed E-state index contributed by atoms with van der Waals surface area (Å²) in [5.41, 5.74) is 1.32. The van der Waals surface area contributed by atoms with Crippen LogP contribution in [-0.4, -0.2) is 25.5 Å². The van der Waals surface area contributed by atoms with Crippen LogP contribution in [0.25, 0.3) is 0 Å². The fraction of sp³-hybridized carbons (Fsp3) is 0.120. The molecule has 0 heterocycles. The molecular weight excluding hydrogens is 433 g/mol. The summed E-state index contributed by atoms with van der Waals surface area (Å²) >= 11 is 6.39. The second-order valence-corrected chi connectivity index (χ2v) is 11.3. The van der Waals surface area contributed by atoms with Crippen LogP contribution in [0, 0.1) is 62.9 Å². The molecule has 0 aromatic heterocycles. The monoisotopic (exact) mass is 459 g/mol. The van der Waals surface area contributed by atoms with Gasteiger partial charge in [-0.3, -0.25) is 0 Å². The normalized spacial score (nSPS) is 17.6. The minimum Gasteiger partial charge on any atom is -0.309 e. The molecule has 0 atom stereocenters. The summed E-state index contributed by atoms with van der Waals surface area (Å²) < 4.78 is 0. The van der Waals surface area contributed by atoms with E-state index in [1.807, 2.05) is 32.1 Å². The van der Waals surface area contributed by atoms with Gasteiger partial charge in [0.15, 0.2) is 0 Å². The summed E-state index contributed by atoms with van der Waals surface area (Å²) in [6.07, 6.45) is 16.6. The second kappa shape index (κ2) is 12.4. The Hall–Kier alpha value is -0.431. The van der Waals surface area contributed by atoms with Gasteiger partial charge in [0.1, 0.15) is 0 Å². The van der Waals surface area contributed by atoms with Gasteiger partial charge in [-0.25, -0.2) is 0 Å². The van der Waals surface area contributed by atoms with Crippen LogP contribution in [0.1, 0.15) is 0 Å². The van der Waals surface area contributed by atoms with E-state index in [0.29, 0.717) is 0 Å². The quantitative estimate of drug-likeness (QED) is 0.481. The fourth-order valence-corrected chi connectivity index (χ4v) is 7.40. The summed E-state index contributed by atoms with van der Waals surface area (Å²) in [5, 5.41) is 2.51. The first-order chi connectivity index (χ1) is 13.6. The molecule has 0 spiro atoms. The van der Waals surface area contributed by atoms with Crippen molar-refractivity contribution >= 4 is 28.5 Å². The molecule has 0 N–H and O–H groups in total. The molecule has 2 aliphatic rings. The van der Waals surface area contributed by atoms with E-state index in [-0.39, 0.29) is 17.1 Å². The molecule has 2 fully saturated rings. The summed E-state index contributed by atoms with van der Waals surface area (Å²) in [6, 6.07) is 19.2. The van der Waals surface area contributed by atoms with Crippen LogP contribution in [0.2, 0.25) is 0 Å². The van der Waals surface area contributed by atoms with E-state index in [1.54, 1.807) is 0 Å². The topological polar surface area (TPSA) is 3.24 Å². The molecule has 2 saturated carbocycles. The van der Waals surface area contributed by atoms with Gasteiger partial charge in [0.05, 0.1) is 0 Å².